The highest BCUT2D eigenvalue weighted by atomic mass is 16.5. The Kier molecular flexibility index (Phi) is 3.58. The van der Waals surface area contributed by atoms with E-state index in [1.165, 1.54) is 7.11 Å². The van der Waals surface area contributed by atoms with Gasteiger partial charge in [-0.3, -0.25) is 0 Å². The highest BCUT2D eigenvalue weighted by Crippen LogP contribution is 2.19. The Bertz CT molecular complexity index is 381. The lowest BCUT2D eigenvalue weighted by atomic mass is 10.0. The molecule has 1 aromatic rings. The molecule has 0 spiro atoms. The fourth-order valence-electron chi connectivity index (χ4n) is 1.80. The van der Waals surface area contributed by atoms with Crippen LogP contribution in [0.2, 0.25) is 0 Å². The van der Waals surface area contributed by atoms with E-state index in [2.05, 4.69) is 27.2 Å². The summed E-state index contributed by atoms with van der Waals surface area (Å²) in [6.07, 6.45) is 1.05. The normalized spacial score (nSPS) is 21.2. The smallest absolute Gasteiger partial charge is 0.322 e. The van der Waals surface area contributed by atoms with E-state index in [0.29, 0.717) is 11.9 Å². The lowest BCUT2D eigenvalue weighted by molar-refractivity contribution is 0.183. The molecule has 2 heterocycles. The topological polar surface area (TPSA) is 95.2 Å². The number of nitrogen functional groups attached to an aromatic ring is 1. The summed E-state index contributed by atoms with van der Waals surface area (Å²) < 4.78 is 10.3. The molecule has 2 rings (SSSR count). The number of hydrogen-bond acceptors (Lipinski definition) is 7. The van der Waals surface area contributed by atoms with E-state index in [0.717, 1.165) is 19.6 Å². The molecular formula is C10H17N5O2. The van der Waals surface area contributed by atoms with Crippen molar-refractivity contribution in [2.24, 2.45) is 5.92 Å². The Morgan fingerprint density at radius 3 is 2.94 bits per heavy atom. The molecule has 1 aromatic heterocycles. The average molecular weight is 239 g/mol. The number of nitrogens with zero attached hydrogens (tertiary/aromatic N) is 3. The van der Waals surface area contributed by atoms with Gasteiger partial charge in [-0.2, -0.15) is 15.0 Å². The van der Waals surface area contributed by atoms with E-state index >= 15 is 0 Å². The summed E-state index contributed by atoms with van der Waals surface area (Å²) in [5.41, 5.74) is 5.56. The first-order valence-electron chi connectivity index (χ1n) is 5.59. The number of anilines is 2. The van der Waals surface area contributed by atoms with Crippen LogP contribution in [0.25, 0.3) is 0 Å². The summed E-state index contributed by atoms with van der Waals surface area (Å²) in [4.78, 5) is 11.9. The monoisotopic (exact) mass is 239 g/mol. The third kappa shape index (κ3) is 2.94. The Labute approximate surface area is 99.8 Å². The summed E-state index contributed by atoms with van der Waals surface area (Å²) in [7, 11) is 1.49. The summed E-state index contributed by atoms with van der Waals surface area (Å²) in [5.74, 6) is 1.06. The predicted molar refractivity (Wildman–Crippen MR) is 62.8 cm³/mol. The van der Waals surface area contributed by atoms with Crippen LogP contribution in [0.5, 0.6) is 6.01 Å². The van der Waals surface area contributed by atoms with Crippen LogP contribution in [0.3, 0.4) is 0 Å². The first-order chi connectivity index (χ1) is 8.19. The van der Waals surface area contributed by atoms with E-state index in [4.69, 9.17) is 15.2 Å². The summed E-state index contributed by atoms with van der Waals surface area (Å²) in [6.45, 7) is 3.66. The van der Waals surface area contributed by atoms with Crippen molar-refractivity contribution in [3.05, 3.63) is 0 Å². The zero-order valence-corrected chi connectivity index (χ0v) is 10.0. The van der Waals surface area contributed by atoms with Crippen molar-refractivity contribution in [1.29, 1.82) is 0 Å². The quantitative estimate of drug-likeness (QED) is 0.780. The third-order valence-electron chi connectivity index (χ3n) is 2.84. The van der Waals surface area contributed by atoms with Gasteiger partial charge in [0.2, 0.25) is 11.9 Å². The molecule has 0 saturated carbocycles. The zero-order valence-electron chi connectivity index (χ0n) is 10.0. The molecule has 0 amide bonds. The number of nitrogens with one attached hydrogen (secondary N) is 1. The molecule has 2 unspecified atom stereocenters. The average Bonchev–Trinajstić information content (AvgIpc) is 2.81. The van der Waals surface area contributed by atoms with Crippen LogP contribution in [0, 0.1) is 5.92 Å². The largest absolute Gasteiger partial charge is 0.467 e. The predicted octanol–water partition coefficient (Wildman–Crippen LogP) is 0.299. The Morgan fingerprint density at radius 2 is 2.29 bits per heavy atom. The zero-order chi connectivity index (χ0) is 12.3. The summed E-state index contributed by atoms with van der Waals surface area (Å²) in [5, 5.41) is 3.20. The number of hydrogen-bond donors (Lipinski definition) is 2. The molecular weight excluding hydrogens is 222 g/mol. The van der Waals surface area contributed by atoms with Gasteiger partial charge in [-0.15, -0.1) is 0 Å². The first kappa shape index (κ1) is 11.8. The first-order valence-corrected chi connectivity index (χ1v) is 5.59. The lowest BCUT2D eigenvalue weighted by Gasteiger charge is -2.19. The number of methoxy groups -OCH3 is 1. The van der Waals surface area contributed by atoms with Crippen LogP contribution in [0.4, 0.5) is 11.9 Å². The van der Waals surface area contributed by atoms with Gasteiger partial charge in [0.1, 0.15) is 0 Å². The Balaban J connectivity index is 2.04. The van der Waals surface area contributed by atoms with E-state index in [1.807, 2.05) is 0 Å². The van der Waals surface area contributed by atoms with Crippen LogP contribution in [-0.4, -0.2) is 41.3 Å². The van der Waals surface area contributed by atoms with E-state index in [9.17, 15) is 0 Å². The standard InChI is InChI=1S/C10H17N5O2/c1-6(7-3-4-17-5-7)12-9-13-8(11)14-10(15-9)16-2/h6-7H,3-5H2,1-2H3,(H3,11,12,13,14,15). The van der Waals surface area contributed by atoms with Crippen LogP contribution >= 0.6 is 0 Å². The molecule has 94 valence electrons. The molecule has 1 fully saturated rings. The molecule has 0 radical (unpaired) electrons. The van der Waals surface area contributed by atoms with Crippen LogP contribution in [-0.2, 0) is 4.74 Å². The number of ether oxygens (including phenoxy) is 2. The maximum absolute atomic E-state index is 5.56. The minimum atomic E-state index is 0.147. The van der Waals surface area contributed by atoms with Crippen molar-refractivity contribution in [2.45, 2.75) is 19.4 Å². The molecule has 2 atom stereocenters. The van der Waals surface area contributed by atoms with Gasteiger partial charge >= 0.3 is 6.01 Å². The van der Waals surface area contributed by atoms with Gasteiger partial charge in [0.05, 0.1) is 13.7 Å². The molecule has 1 aliphatic rings. The van der Waals surface area contributed by atoms with Crippen LogP contribution in [0.15, 0.2) is 0 Å². The summed E-state index contributed by atoms with van der Waals surface area (Å²) >= 11 is 0. The van der Waals surface area contributed by atoms with Crippen molar-refractivity contribution < 1.29 is 9.47 Å². The maximum Gasteiger partial charge on any atom is 0.322 e. The van der Waals surface area contributed by atoms with Crippen molar-refractivity contribution in [1.82, 2.24) is 15.0 Å². The number of nitrogens with two attached hydrogens (primary N) is 1. The van der Waals surface area contributed by atoms with E-state index in [1.54, 1.807) is 0 Å². The second-order valence-corrected chi connectivity index (χ2v) is 4.06. The van der Waals surface area contributed by atoms with Gasteiger partial charge < -0.3 is 20.5 Å². The number of aromatic nitrogens is 3. The lowest BCUT2D eigenvalue weighted by Crippen LogP contribution is -2.27. The molecule has 1 saturated heterocycles. The van der Waals surface area contributed by atoms with Crippen LogP contribution in [0.1, 0.15) is 13.3 Å². The van der Waals surface area contributed by atoms with E-state index < -0.39 is 0 Å². The Hall–Kier alpha value is -1.63. The molecule has 0 bridgehead atoms. The maximum atomic E-state index is 5.56. The second kappa shape index (κ2) is 5.13. The van der Waals surface area contributed by atoms with Crippen molar-refractivity contribution >= 4 is 11.9 Å². The molecule has 7 heteroatoms. The third-order valence-corrected chi connectivity index (χ3v) is 2.84. The number of rotatable bonds is 4. The molecule has 17 heavy (non-hydrogen) atoms. The van der Waals surface area contributed by atoms with Gasteiger partial charge in [0.15, 0.2) is 0 Å². The van der Waals surface area contributed by atoms with Crippen LogP contribution < -0.4 is 15.8 Å². The van der Waals surface area contributed by atoms with Crippen molar-refractivity contribution in [3.8, 4) is 6.01 Å². The van der Waals surface area contributed by atoms with Gasteiger partial charge in [0.25, 0.3) is 0 Å². The highest BCUT2D eigenvalue weighted by molar-refractivity contribution is 5.33. The summed E-state index contributed by atoms with van der Waals surface area (Å²) in [6, 6.07) is 0.443. The minimum absolute atomic E-state index is 0.147. The SMILES string of the molecule is COc1nc(N)nc(NC(C)C2CCOC2)n1. The second-order valence-electron chi connectivity index (χ2n) is 4.06. The van der Waals surface area contributed by atoms with E-state index in [-0.39, 0.29) is 18.0 Å². The molecule has 0 aliphatic carbocycles. The van der Waals surface area contributed by atoms with Gasteiger partial charge in [-0.1, -0.05) is 0 Å². The molecule has 7 nitrogen and oxygen atoms in total. The Morgan fingerprint density at radius 1 is 1.47 bits per heavy atom. The fourth-order valence-corrected chi connectivity index (χ4v) is 1.80. The molecule has 1 aliphatic heterocycles. The van der Waals surface area contributed by atoms with Gasteiger partial charge in [0, 0.05) is 18.6 Å². The van der Waals surface area contributed by atoms with Crippen molar-refractivity contribution in [2.75, 3.05) is 31.4 Å². The van der Waals surface area contributed by atoms with Crippen molar-refractivity contribution in [3.63, 3.8) is 0 Å². The van der Waals surface area contributed by atoms with Gasteiger partial charge in [-0.05, 0) is 13.3 Å². The fraction of sp³-hybridized carbons (Fsp3) is 0.700. The van der Waals surface area contributed by atoms with Gasteiger partial charge in [-0.25, -0.2) is 0 Å². The molecule has 3 N–H and O–H groups in total. The highest BCUT2D eigenvalue weighted by Gasteiger charge is 2.23. The minimum Gasteiger partial charge on any atom is -0.467 e. The molecule has 0 aromatic carbocycles.